The average Bonchev–Trinajstić information content (AvgIpc) is 2.22. The maximum atomic E-state index is 11.4. The lowest BCUT2D eigenvalue weighted by molar-refractivity contribution is 0.0985. The van der Waals surface area contributed by atoms with Crippen molar-refractivity contribution in [3.05, 3.63) is 22.7 Å². The fourth-order valence-corrected chi connectivity index (χ4v) is 1.44. The summed E-state index contributed by atoms with van der Waals surface area (Å²) in [5, 5.41) is 9.92. The van der Waals surface area contributed by atoms with Crippen molar-refractivity contribution >= 4 is 17.4 Å². The molecule has 4 heteroatoms. The molecule has 0 radical (unpaired) electrons. The minimum atomic E-state index is -0.141. The van der Waals surface area contributed by atoms with E-state index in [0.717, 1.165) is 0 Å². The Hall–Kier alpha value is -1.22. The Morgan fingerprint density at radius 1 is 1.47 bits per heavy atom. The molecule has 15 heavy (non-hydrogen) atoms. The number of hydrogen-bond donors (Lipinski definition) is 1. The van der Waals surface area contributed by atoms with Gasteiger partial charge in [-0.2, -0.15) is 0 Å². The predicted octanol–water partition coefficient (Wildman–Crippen LogP) is 3.04. The zero-order valence-corrected chi connectivity index (χ0v) is 9.47. The first-order valence-corrected chi connectivity index (χ1v) is 5.16. The third-order valence-electron chi connectivity index (χ3n) is 1.97. The van der Waals surface area contributed by atoms with E-state index < -0.39 is 0 Å². The van der Waals surface area contributed by atoms with E-state index in [-0.39, 0.29) is 17.1 Å². The van der Waals surface area contributed by atoms with Gasteiger partial charge in [0.25, 0.3) is 0 Å². The van der Waals surface area contributed by atoms with Gasteiger partial charge in [0.05, 0.1) is 17.2 Å². The Kier molecular flexibility index (Phi) is 3.97. The van der Waals surface area contributed by atoms with Crippen LogP contribution in [0.3, 0.4) is 0 Å². The van der Waals surface area contributed by atoms with Gasteiger partial charge < -0.3 is 9.84 Å². The first-order chi connectivity index (χ1) is 7.10. The van der Waals surface area contributed by atoms with Gasteiger partial charge in [-0.3, -0.25) is 4.79 Å². The molecule has 1 aromatic carbocycles. The van der Waals surface area contributed by atoms with Crippen molar-refractivity contribution in [2.24, 2.45) is 0 Å². The van der Waals surface area contributed by atoms with Crippen molar-refractivity contribution in [2.45, 2.75) is 20.3 Å². The standard InChI is InChI=1S/C11H13ClO3/c1-3-9(13)7-5-8(12)11(15-4-2)6-10(7)14/h5-6,14H,3-4H2,1-2H3. The molecule has 0 aromatic heterocycles. The number of aromatic hydroxyl groups is 1. The Morgan fingerprint density at radius 3 is 2.67 bits per heavy atom. The highest BCUT2D eigenvalue weighted by Crippen LogP contribution is 2.32. The number of ether oxygens (including phenoxy) is 1. The van der Waals surface area contributed by atoms with E-state index in [1.54, 1.807) is 6.92 Å². The molecule has 0 fully saturated rings. The van der Waals surface area contributed by atoms with Crippen LogP contribution in [0.15, 0.2) is 12.1 Å². The summed E-state index contributed by atoms with van der Waals surface area (Å²) < 4.78 is 5.18. The molecular formula is C11H13ClO3. The van der Waals surface area contributed by atoms with Gasteiger partial charge in [-0.15, -0.1) is 0 Å². The zero-order chi connectivity index (χ0) is 11.4. The van der Waals surface area contributed by atoms with Crippen LogP contribution in [0.2, 0.25) is 5.02 Å². The van der Waals surface area contributed by atoms with Gasteiger partial charge >= 0.3 is 0 Å². The molecule has 0 aliphatic carbocycles. The van der Waals surface area contributed by atoms with Crippen molar-refractivity contribution in [3.63, 3.8) is 0 Å². The van der Waals surface area contributed by atoms with E-state index in [9.17, 15) is 9.90 Å². The fraction of sp³-hybridized carbons (Fsp3) is 0.364. The maximum Gasteiger partial charge on any atom is 0.166 e. The van der Waals surface area contributed by atoms with Crippen molar-refractivity contribution in [3.8, 4) is 11.5 Å². The summed E-state index contributed by atoms with van der Waals surface area (Å²) >= 11 is 5.89. The van der Waals surface area contributed by atoms with Crippen LogP contribution in [-0.2, 0) is 0 Å². The number of benzene rings is 1. The van der Waals surface area contributed by atoms with E-state index in [1.807, 2.05) is 6.92 Å². The lowest BCUT2D eigenvalue weighted by Gasteiger charge is -2.08. The summed E-state index contributed by atoms with van der Waals surface area (Å²) in [6, 6.07) is 2.81. The summed E-state index contributed by atoms with van der Waals surface area (Å²) in [5.74, 6) is 0.163. The minimum absolute atomic E-state index is 0.0882. The van der Waals surface area contributed by atoms with Crippen molar-refractivity contribution in [1.82, 2.24) is 0 Å². The maximum absolute atomic E-state index is 11.4. The number of rotatable bonds is 4. The predicted molar refractivity (Wildman–Crippen MR) is 58.9 cm³/mol. The second-order valence-corrected chi connectivity index (χ2v) is 3.42. The zero-order valence-electron chi connectivity index (χ0n) is 8.71. The Morgan fingerprint density at radius 2 is 2.13 bits per heavy atom. The van der Waals surface area contributed by atoms with Crippen LogP contribution in [0.5, 0.6) is 11.5 Å². The second-order valence-electron chi connectivity index (χ2n) is 3.01. The fourth-order valence-electron chi connectivity index (χ4n) is 1.22. The first kappa shape index (κ1) is 11.9. The third kappa shape index (κ3) is 2.63. The van der Waals surface area contributed by atoms with Crippen LogP contribution in [-0.4, -0.2) is 17.5 Å². The lowest BCUT2D eigenvalue weighted by Crippen LogP contribution is -1.99. The number of Topliss-reactive ketones (excluding diaryl/α,β-unsaturated/α-hetero) is 1. The molecule has 1 N–H and O–H groups in total. The van der Waals surface area contributed by atoms with E-state index in [1.165, 1.54) is 12.1 Å². The number of halogens is 1. The van der Waals surface area contributed by atoms with Crippen LogP contribution >= 0.6 is 11.6 Å². The number of carbonyl (C=O) groups is 1. The molecule has 0 unspecified atom stereocenters. The van der Waals surface area contributed by atoms with Gasteiger partial charge in [-0.05, 0) is 13.0 Å². The van der Waals surface area contributed by atoms with E-state index in [4.69, 9.17) is 16.3 Å². The van der Waals surface area contributed by atoms with Gasteiger partial charge in [-0.1, -0.05) is 18.5 Å². The number of phenolic OH excluding ortho intramolecular Hbond substituents is 1. The number of phenols is 1. The molecule has 0 atom stereocenters. The number of hydrogen-bond acceptors (Lipinski definition) is 3. The third-order valence-corrected chi connectivity index (χ3v) is 2.27. The van der Waals surface area contributed by atoms with Crippen LogP contribution in [0.4, 0.5) is 0 Å². The highest BCUT2D eigenvalue weighted by Gasteiger charge is 2.13. The molecule has 0 saturated carbocycles. The molecule has 1 rings (SSSR count). The molecule has 0 aliphatic rings. The molecule has 0 amide bonds. The summed E-state index contributed by atoms with van der Waals surface area (Å²) in [6.07, 6.45) is 0.331. The Balaban J connectivity index is 3.13. The molecule has 0 heterocycles. The summed E-state index contributed by atoms with van der Waals surface area (Å²) in [7, 11) is 0. The summed E-state index contributed by atoms with van der Waals surface area (Å²) in [6.45, 7) is 4.00. The normalized spacial score (nSPS) is 10.1. The van der Waals surface area contributed by atoms with Crippen molar-refractivity contribution in [1.29, 1.82) is 0 Å². The van der Waals surface area contributed by atoms with Crippen molar-refractivity contribution in [2.75, 3.05) is 6.61 Å². The number of ketones is 1. The largest absolute Gasteiger partial charge is 0.507 e. The molecule has 1 aromatic rings. The second kappa shape index (κ2) is 5.03. The Bertz CT molecular complexity index is 374. The molecule has 82 valence electrons. The highest BCUT2D eigenvalue weighted by molar-refractivity contribution is 6.32. The minimum Gasteiger partial charge on any atom is -0.507 e. The molecule has 0 spiro atoms. The van der Waals surface area contributed by atoms with Gasteiger partial charge in [0.15, 0.2) is 5.78 Å². The van der Waals surface area contributed by atoms with Crippen molar-refractivity contribution < 1.29 is 14.6 Å². The topological polar surface area (TPSA) is 46.5 Å². The molecule has 0 bridgehead atoms. The van der Waals surface area contributed by atoms with Gasteiger partial charge in [0, 0.05) is 12.5 Å². The van der Waals surface area contributed by atoms with Crippen LogP contribution in [0, 0.1) is 0 Å². The average molecular weight is 229 g/mol. The smallest absolute Gasteiger partial charge is 0.166 e. The molecular weight excluding hydrogens is 216 g/mol. The SMILES string of the molecule is CCOc1cc(O)c(C(=O)CC)cc1Cl. The van der Waals surface area contributed by atoms with Crippen LogP contribution in [0.1, 0.15) is 30.6 Å². The molecule has 0 saturated heterocycles. The van der Waals surface area contributed by atoms with Crippen LogP contribution in [0.25, 0.3) is 0 Å². The van der Waals surface area contributed by atoms with E-state index in [0.29, 0.717) is 23.8 Å². The van der Waals surface area contributed by atoms with Crippen LogP contribution < -0.4 is 4.74 Å². The van der Waals surface area contributed by atoms with E-state index in [2.05, 4.69) is 0 Å². The summed E-state index contributed by atoms with van der Waals surface area (Å²) in [4.78, 5) is 11.4. The van der Waals surface area contributed by atoms with E-state index >= 15 is 0 Å². The monoisotopic (exact) mass is 228 g/mol. The summed E-state index contributed by atoms with van der Waals surface area (Å²) in [5.41, 5.74) is 0.242. The Labute approximate surface area is 93.6 Å². The highest BCUT2D eigenvalue weighted by atomic mass is 35.5. The first-order valence-electron chi connectivity index (χ1n) is 4.78. The lowest BCUT2D eigenvalue weighted by atomic mass is 10.1. The van der Waals surface area contributed by atoms with Gasteiger partial charge in [0.1, 0.15) is 11.5 Å². The quantitative estimate of drug-likeness (QED) is 0.806. The van der Waals surface area contributed by atoms with Gasteiger partial charge in [-0.25, -0.2) is 0 Å². The molecule has 3 nitrogen and oxygen atoms in total. The number of carbonyl (C=O) groups excluding carboxylic acids is 1. The van der Waals surface area contributed by atoms with Gasteiger partial charge in [0.2, 0.25) is 0 Å². The molecule has 0 aliphatic heterocycles.